The Bertz CT molecular complexity index is 1060. The number of hydrogen-bond donors (Lipinski definition) is 2. The summed E-state index contributed by atoms with van der Waals surface area (Å²) >= 11 is 0. The lowest BCUT2D eigenvalue weighted by Gasteiger charge is -2.19. The molecule has 0 radical (unpaired) electrons. The van der Waals surface area contributed by atoms with Crippen molar-refractivity contribution < 1.29 is 0 Å². The van der Waals surface area contributed by atoms with Gasteiger partial charge in [0.25, 0.3) is 0 Å². The Hall–Kier alpha value is -3.12. The number of benzene rings is 2. The van der Waals surface area contributed by atoms with Crippen LogP contribution in [0.4, 0.5) is 5.82 Å². The Morgan fingerprint density at radius 2 is 1.85 bits per heavy atom. The predicted octanol–water partition coefficient (Wildman–Crippen LogP) is 2.95. The van der Waals surface area contributed by atoms with Crippen LogP contribution in [0.3, 0.4) is 0 Å². The lowest BCUT2D eigenvalue weighted by atomic mass is 10.0. The largest absolute Gasteiger partial charge is 0.355 e. The van der Waals surface area contributed by atoms with Crippen molar-refractivity contribution in [2.75, 3.05) is 18.0 Å². The normalized spacial score (nSPS) is 14.3. The van der Waals surface area contributed by atoms with E-state index in [0.29, 0.717) is 6.54 Å². The van der Waals surface area contributed by atoms with Gasteiger partial charge in [0.15, 0.2) is 0 Å². The molecule has 4 aromatic rings. The fourth-order valence-electron chi connectivity index (χ4n) is 3.86. The van der Waals surface area contributed by atoms with Gasteiger partial charge in [-0.3, -0.25) is 0 Å². The van der Waals surface area contributed by atoms with Crippen LogP contribution in [0.15, 0.2) is 55.0 Å². The first-order chi connectivity index (χ1) is 13.3. The van der Waals surface area contributed by atoms with E-state index in [4.69, 9.17) is 10.7 Å². The second-order valence-corrected chi connectivity index (χ2v) is 6.96. The van der Waals surface area contributed by atoms with E-state index in [1.807, 2.05) is 6.20 Å². The third-order valence-corrected chi connectivity index (χ3v) is 5.37. The Balaban J connectivity index is 1.49. The Kier molecular flexibility index (Phi) is 3.90. The van der Waals surface area contributed by atoms with Crippen LogP contribution in [-0.2, 0) is 19.5 Å². The molecule has 6 nitrogen and oxygen atoms in total. The highest BCUT2D eigenvalue weighted by Crippen LogP contribution is 2.27. The van der Waals surface area contributed by atoms with Crippen molar-refractivity contribution in [1.29, 1.82) is 0 Å². The van der Waals surface area contributed by atoms with Crippen LogP contribution in [0.2, 0.25) is 0 Å². The Morgan fingerprint density at radius 3 is 2.63 bits per heavy atom. The quantitative estimate of drug-likeness (QED) is 0.590. The molecule has 0 aliphatic carbocycles. The highest BCUT2D eigenvalue weighted by molar-refractivity contribution is 5.83. The van der Waals surface area contributed by atoms with Gasteiger partial charge < -0.3 is 20.2 Å². The van der Waals surface area contributed by atoms with Crippen molar-refractivity contribution in [3.05, 3.63) is 66.4 Å². The van der Waals surface area contributed by atoms with Crippen LogP contribution in [0.5, 0.6) is 0 Å². The van der Waals surface area contributed by atoms with Crippen molar-refractivity contribution in [3.8, 4) is 11.1 Å². The molecule has 1 aliphatic heterocycles. The monoisotopic (exact) mass is 358 g/mol. The molecule has 0 spiro atoms. The van der Waals surface area contributed by atoms with Crippen LogP contribution in [0, 0.1) is 0 Å². The second kappa shape index (κ2) is 6.55. The first-order valence-electron chi connectivity index (χ1n) is 9.34. The molecular weight excluding hydrogens is 336 g/mol. The summed E-state index contributed by atoms with van der Waals surface area (Å²) in [6.07, 6.45) is 4.54. The van der Waals surface area contributed by atoms with E-state index in [1.165, 1.54) is 16.6 Å². The van der Waals surface area contributed by atoms with E-state index in [1.54, 1.807) is 6.33 Å². The summed E-state index contributed by atoms with van der Waals surface area (Å²) < 4.78 is 2.36. The van der Waals surface area contributed by atoms with Gasteiger partial charge in [0, 0.05) is 32.6 Å². The van der Waals surface area contributed by atoms with Gasteiger partial charge in [0.1, 0.15) is 11.6 Å². The SMILES string of the molecule is NCc1ccc(-c2ccc3nc4n(c3c2)CCN(c2cnc[nH]2)CC4)cc1. The zero-order chi connectivity index (χ0) is 18.2. The van der Waals surface area contributed by atoms with Crippen LogP contribution >= 0.6 is 0 Å². The average Bonchev–Trinajstić information content (AvgIpc) is 3.31. The van der Waals surface area contributed by atoms with Crippen LogP contribution < -0.4 is 10.6 Å². The molecule has 6 heteroatoms. The molecule has 0 fully saturated rings. The van der Waals surface area contributed by atoms with Crippen LogP contribution in [-0.4, -0.2) is 32.6 Å². The average molecular weight is 358 g/mol. The standard InChI is InChI=1S/C21H22N6/c22-12-15-1-3-16(4-2-15)17-5-6-18-19(11-17)27-10-9-26(8-7-20(27)25-18)21-13-23-14-24-21/h1-6,11,13-14H,7-10,12,22H2,(H,23,24). The number of nitrogens with two attached hydrogens (primary N) is 1. The molecule has 1 aliphatic rings. The molecule has 5 rings (SSSR count). The topological polar surface area (TPSA) is 75.8 Å². The highest BCUT2D eigenvalue weighted by Gasteiger charge is 2.19. The van der Waals surface area contributed by atoms with Crippen molar-refractivity contribution in [1.82, 2.24) is 19.5 Å². The molecule has 0 saturated heterocycles. The molecular formula is C21H22N6. The molecule has 0 saturated carbocycles. The van der Waals surface area contributed by atoms with Gasteiger partial charge in [0.05, 0.1) is 23.6 Å². The zero-order valence-electron chi connectivity index (χ0n) is 15.1. The molecule has 3 heterocycles. The molecule has 27 heavy (non-hydrogen) atoms. The smallest absolute Gasteiger partial charge is 0.125 e. The van der Waals surface area contributed by atoms with Crippen LogP contribution in [0.25, 0.3) is 22.2 Å². The summed E-state index contributed by atoms with van der Waals surface area (Å²) in [5, 5.41) is 0. The van der Waals surface area contributed by atoms with Gasteiger partial charge in [-0.05, 0) is 28.8 Å². The third kappa shape index (κ3) is 2.88. The fraction of sp³-hybridized carbons (Fsp3) is 0.238. The van der Waals surface area contributed by atoms with E-state index in [2.05, 4.69) is 61.9 Å². The number of fused-ring (bicyclic) bond motifs is 3. The highest BCUT2D eigenvalue weighted by atomic mass is 15.2. The maximum Gasteiger partial charge on any atom is 0.125 e. The molecule has 0 atom stereocenters. The fourth-order valence-corrected chi connectivity index (χ4v) is 3.86. The Morgan fingerprint density at radius 1 is 1.00 bits per heavy atom. The number of nitrogens with zero attached hydrogens (tertiary/aromatic N) is 4. The Labute approximate surface area is 157 Å². The summed E-state index contributed by atoms with van der Waals surface area (Å²) in [5.41, 5.74) is 11.6. The number of imidazole rings is 2. The molecule has 3 N–H and O–H groups in total. The number of aromatic nitrogens is 4. The van der Waals surface area contributed by atoms with E-state index < -0.39 is 0 Å². The van der Waals surface area contributed by atoms with Gasteiger partial charge in [-0.25, -0.2) is 9.97 Å². The van der Waals surface area contributed by atoms with Crippen molar-refractivity contribution in [3.63, 3.8) is 0 Å². The minimum Gasteiger partial charge on any atom is -0.355 e. The van der Waals surface area contributed by atoms with Gasteiger partial charge in [-0.2, -0.15) is 0 Å². The van der Waals surface area contributed by atoms with E-state index in [9.17, 15) is 0 Å². The maximum atomic E-state index is 5.71. The molecule has 0 unspecified atom stereocenters. The summed E-state index contributed by atoms with van der Waals surface area (Å²) in [5.74, 6) is 2.23. The van der Waals surface area contributed by atoms with Crippen molar-refractivity contribution in [2.24, 2.45) is 5.73 Å². The molecule has 2 aromatic carbocycles. The minimum absolute atomic E-state index is 0.572. The van der Waals surface area contributed by atoms with Crippen molar-refractivity contribution >= 4 is 16.9 Å². The van der Waals surface area contributed by atoms with E-state index in [-0.39, 0.29) is 0 Å². The summed E-state index contributed by atoms with van der Waals surface area (Å²) in [6.45, 7) is 3.37. The molecule has 136 valence electrons. The van der Waals surface area contributed by atoms with Gasteiger partial charge in [-0.15, -0.1) is 0 Å². The molecule has 0 amide bonds. The van der Waals surface area contributed by atoms with Crippen LogP contribution in [0.1, 0.15) is 11.4 Å². The first kappa shape index (κ1) is 16.1. The maximum absolute atomic E-state index is 5.71. The number of hydrogen-bond acceptors (Lipinski definition) is 4. The number of rotatable bonds is 3. The summed E-state index contributed by atoms with van der Waals surface area (Å²) in [4.78, 5) is 14.6. The first-order valence-corrected chi connectivity index (χ1v) is 9.34. The lowest BCUT2D eigenvalue weighted by molar-refractivity contribution is 0.703. The van der Waals surface area contributed by atoms with Gasteiger partial charge >= 0.3 is 0 Å². The van der Waals surface area contributed by atoms with E-state index in [0.717, 1.165) is 48.8 Å². The lowest BCUT2D eigenvalue weighted by Crippen LogP contribution is -2.26. The summed E-state index contributed by atoms with van der Waals surface area (Å²) in [7, 11) is 0. The minimum atomic E-state index is 0.572. The molecule has 0 bridgehead atoms. The van der Waals surface area contributed by atoms with Crippen molar-refractivity contribution in [2.45, 2.75) is 19.5 Å². The summed E-state index contributed by atoms with van der Waals surface area (Å²) in [6, 6.07) is 15.0. The second-order valence-electron chi connectivity index (χ2n) is 6.96. The third-order valence-electron chi connectivity index (χ3n) is 5.37. The predicted molar refractivity (Wildman–Crippen MR) is 108 cm³/mol. The number of anilines is 1. The van der Waals surface area contributed by atoms with Gasteiger partial charge in [-0.1, -0.05) is 30.3 Å². The number of H-pyrrole nitrogens is 1. The number of nitrogens with one attached hydrogen (secondary N) is 1. The zero-order valence-corrected chi connectivity index (χ0v) is 15.1. The number of aromatic amines is 1. The van der Waals surface area contributed by atoms with E-state index >= 15 is 0 Å². The molecule has 2 aromatic heterocycles. The van der Waals surface area contributed by atoms with Gasteiger partial charge in [0.2, 0.25) is 0 Å².